The lowest BCUT2D eigenvalue weighted by Gasteiger charge is -2.25. The Morgan fingerprint density at radius 1 is 1.53 bits per heavy atom. The number of nitrogen functional groups attached to an aromatic ring is 1. The van der Waals surface area contributed by atoms with Crippen molar-refractivity contribution in [3.05, 3.63) is 18.2 Å². The van der Waals surface area contributed by atoms with Gasteiger partial charge in [-0.2, -0.15) is 0 Å². The molecule has 15 heavy (non-hydrogen) atoms. The van der Waals surface area contributed by atoms with Crippen molar-refractivity contribution in [2.45, 2.75) is 19.4 Å². The number of fused-ring (bicyclic) bond motifs is 1. The van der Waals surface area contributed by atoms with Gasteiger partial charge in [0.05, 0.1) is 11.4 Å². The largest absolute Gasteiger partial charge is 0.399 e. The number of nitrogens with zero attached hydrogens (tertiary/aromatic N) is 1. The summed E-state index contributed by atoms with van der Waals surface area (Å²) in [6.07, 6.45) is 0.505. The predicted molar refractivity (Wildman–Crippen MR) is 62.0 cm³/mol. The van der Waals surface area contributed by atoms with E-state index in [0.29, 0.717) is 12.1 Å². The summed E-state index contributed by atoms with van der Waals surface area (Å²) in [5.41, 5.74) is 8.26. The zero-order valence-electron chi connectivity index (χ0n) is 8.95. The van der Waals surface area contributed by atoms with Crippen LogP contribution in [-0.2, 0) is 4.79 Å². The van der Waals surface area contributed by atoms with E-state index in [9.17, 15) is 4.79 Å². The summed E-state index contributed by atoms with van der Waals surface area (Å²) in [6.45, 7) is 2.03. The number of rotatable bonds is 0. The molecule has 4 nitrogen and oxygen atoms in total. The Morgan fingerprint density at radius 3 is 3.00 bits per heavy atom. The van der Waals surface area contributed by atoms with E-state index in [0.717, 1.165) is 11.4 Å². The third kappa shape index (κ3) is 1.75. The van der Waals surface area contributed by atoms with Gasteiger partial charge in [-0.05, 0) is 25.1 Å². The fourth-order valence-corrected chi connectivity index (χ4v) is 1.79. The van der Waals surface area contributed by atoms with E-state index < -0.39 is 0 Å². The SMILES string of the molecule is C[C@H]1CC(=O)Nc2ccc(N)cc2N1C. The lowest BCUT2D eigenvalue weighted by atomic mass is 10.2. The Kier molecular flexibility index (Phi) is 2.26. The molecule has 0 radical (unpaired) electrons. The van der Waals surface area contributed by atoms with Crippen LogP contribution >= 0.6 is 0 Å². The van der Waals surface area contributed by atoms with E-state index in [1.165, 1.54) is 0 Å². The second-order valence-electron chi connectivity index (χ2n) is 3.99. The summed E-state index contributed by atoms with van der Waals surface area (Å²) in [4.78, 5) is 13.6. The van der Waals surface area contributed by atoms with Gasteiger partial charge in [0.2, 0.25) is 5.91 Å². The van der Waals surface area contributed by atoms with Crippen LogP contribution in [0.4, 0.5) is 17.1 Å². The lowest BCUT2D eigenvalue weighted by Crippen LogP contribution is -2.29. The molecule has 0 saturated heterocycles. The lowest BCUT2D eigenvalue weighted by molar-refractivity contribution is -0.116. The van der Waals surface area contributed by atoms with Gasteiger partial charge < -0.3 is 16.0 Å². The molecule has 1 heterocycles. The first-order valence-electron chi connectivity index (χ1n) is 5.00. The van der Waals surface area contributed by atoms with E-state index >= 15 is 0 Å². The summed E-state index contributed by atoms with van der Waals surface area (Å²) in [5, 5.41) is 2.87. The van der Waals surface area contributed by atoms with Crippen molar-refractivity contribution >= 4 is 23.0 Å². The van der Waals surface area contributed by atoms with Gasteiger partial charge in [-0.15, -0.1) is 0 Å². The third-order valence-electron chi connectivity index (χ3n) is 2.82. The number of anilines is 3. The Morgan fingerprint density at radius 2 is 2.27 bits per heavy atom. The van der Waals surface area contributed by atoms with Crippen LogP contribution in [-0.4, -0.2) is 19.0 Å². The van der Waals surface area contributed by atoms with Crippen LogP contribution in [0, 0.1) is 0 Å². The van der Waals surface area contributed by atoms with Gasteiger partial charge in [-0.1, -0.05) is 0 Å². The van der Waals surface area contributed by atoms with Crippen LogP contribution in [0.2, 0.25) is 0 Å². The van der Waals surface area contributed by atoms with Crippen LogP contribution in [0.25, 0.3) is 0 Å². The van der Waals surface area contributed by atoms with Crippen LogP contribution in [0.3, 0.4) is 0 Å². The van der Waals surface area contributed by atoms with Gasteiger partial charge >= 0.3 is 0 Å². The number of nitrogens with two attached hydrogens (primary N) is 1. The number of carbonyl (C=O) groups is 1. The molecule has 1 aromatic rings. The maximum atomic E-state index is 11.5. The quantitative estimate of drug-likeness (QED) is 0.630. The Bertz CT molecular complexity index is 403. The maximum Gasteiger partial charge on any atom is 0.226 e. The predicted octanol–water partition coefficient (Wildman–Crippen LogP) is 1.44. The van der Waals surface area contributed by atoms with E-state index in [2.05, 4.69) is 10.2 Å². The highest BCUT2D eigenvalue weighted by molar-refractivity contribution is 5.97. The molecule has 1 aliphatic rings. The van der Waals surface area contributed by atoms with E-state index in [1.807, 2.05) is 26.1 Å². The van der Waals surface area contributed by atoms with Crippen molar-refractivity contribution in [1.29, 1.82) is 0 Å². The number of hydrogen-bond acceptors (Lipinski definition) is 3. The molecule has 1 amide bonds. The van der Waals surface area contributed by atoms with Gasteiger partial charge in [0.1, 0.15) is 0 Å². The molecule has 2 rings (SSSR count). The van der Waals surface area contributed by atoms with Gasteiger partial charge in [0, 0.05) is 25.2 Å². The molecular weight excluding hydrogens is 190 g/mol. The fraction of sp³-hybridized carbons (Fsp3) is 0.364. The number of benzene rings is 1. The summed E-state index contributed by atoms with van der Waals surface area (Å²) >= 11 is 0. The van der Waals surface area contributed by atoms with Crippen LogP contribution < -0.4 is 16.0 Å². The molecular formula is C11H15N3O. The molecule has 1 aromatic carbocycles. The second-order valence-corrected chi connectivity index (χ2v) is 3.99. The van der Waals surface area contributed by atoms with Gasteiger partial charge in [-0.25, -0.2) is 0 Å². The summed E-state index contributed by atoms with van der Waals surface area (Å²) in [6, 6.07) is 5.71. The minimum atomic E-state index is 0.0536. The maximum absolute atomic E-state index is 11.5. The minimum absolute atomic E-state index is 0.0536. The van der Waals surface area contributed by atoms with E-state index in [4.69, 9.17) is 5.73 Å². The summed E-state index contributed by atoms with van der Waals surface area (Å²) in [7, 11) is 1.98. The standard InChI is InChI=1S/C11H15N3O/c1-7-5-11(15)13-9-4-3-8(12)6-10(9)14(7)2/h3-4,6-7H,5,12H2,1-2H3,(H,13,15)/t7-/m0/s1. The van der Waals surface area contributed by atoms with Crippen molar-refractivity contribution in [3.63, 3.8) is 0 Å². The van der Waals surface area contributed by atoms with Crippen LogP contribution in [0.5, 0.6) is 0 Å². The molecule has 0 aliphatic carbocycles. The molecule has 0 aromatic heterocycles. The van der Waals surface area contributed by atoms with Crippen molar-refractivity contribution in [3.8, 4) is 0 Å². The first-order valence-corrected chi connectivity index (χ1v) is 5.00. The molecule has 1 atom stereocenters. The van der Waals surface area contributed by atoms with E-state index in [-0.39, 0.29) is 11.9 Å². The fourth-order valence-electron chi connectivity index (χ4n) is 1.79. The summed E-state index contributed by atoms with van der Waals surface area (Å²) < 4.78 is 0. The third-order valence-corrected chi connectivity index (χ3v) is 2.82. The number of nitrogens with one attached hydrogen (secondary N) is 1. The van der Waals surface area contributed by atoms with Gasteiger partial charge in [0.25, 0.3) is 0 Å². The van der Waals surface area contributed by atoms with Crippen molar-refractivity contribution in [2.75, 3.05) is 23.0 Å². The zero-order chi connectivity index (χ0) is 11.0. The van der Waals surface area contributed by atoms with Crippen molar-refractivity contribution in [1.82, 2.24) is 0 Å². The highest BCUT2D eigenvalue weighted by atomic mass is 16.1. The second kappa shape index (κ2) is 3.46. The van der Waals surface area contributed by atoms with E-state index in [1.54, 1.807) is 6.07 Å². The van der Waals surface area contributed by atoms with Gasteiger partial charge in [-0.3, -0.25) is 4.79 Å². The smallest absolute Gasteiger partial charge is 0.226 e. The number of amides is 1. The molecule has 0 bridgehead atoms. The normalized spacial score (nSPS) is 20.5. The Hall–Kier alpha value is -1.71. The first-order chi connectivity index (χ1) is 7.08. The topological polar surface area (TPSA) is 58.4 Å². The highest BCUT2D eigenvalue weighted by Gasteiger charge is 2.22. The Balaban J connectivity index is 2.50. The first kappa shape index (κ1) is 9.83. The molecule has 0 fully saturated rings. The Labute approximate surface area is 89.1 Å². The zero-order valence-corrected chi connectivity index (χ0v) is 8.95. The molecule has 0 saturated carbocycles. The number of hydrogen-bond donors (Lipinski definition) is 2. The summed E-state index contributed by atoms with van der Waals surface area (Å²) in [5.74, 6) is 0.0536. The average molecular weight is 205 g/mol. The molecule has 1 aliphatic heterocycles. The monoisotopic (exact) mass is 205 g/mol. The average Bonchev–Trinajstić information content (AvgIpc) is 2.27. The molecule has 0 unspecified atom stereocenters. The van der Waals surface area contributed by atoms with Crippen LogP contribution in [0.1, 0.15) is 13.3 Å². The van der Waals surface area contributed by atoms with Crippen molar-refractivity contribution < 1.29 is 4.79 Å². The van der Waals surface area contributed by atoms with Crippen molar-refractivity contribution in [2.24, 2.45) is 0 Å². The molecule has 3 N–H and O–H groups in total. The minimum Gasteiger partial charge on any atom is -0.399 e. The molecule has 0 spiro atoms. The molecule has 4 heteroatoms. The molecule has 80 valence electrons. The highest BCUT2D eigenvalue weighted by Crippen LogP contribution is 2.31. The van der Waals surface area contributed by atoms with Gasteiger partial charge in [0.15, 0.2) is 0 Å². The van der Waals surface area contributed by atoms with Crippen LogP contribution in [0.15, 0.2) is 18.2 Å². The number of carbonyl (C=O) groups excluding carboxylic acids is 1.